The molecule has 116 valence electrons. The van der Waals surface area contributed by atoms with E-state index in [0.29, 0.717) is 5.15 Å². The van der Waals surface area contributed by atoms with Crippen LogP contribution in [-0.4, -0.2) is 32.8 Å². The van der Waals surface area contributed by atoms with Crippen molar-refractivity contribution in [1.29, 1.82) is 0 Å². The number of amides is 1. The molecule has 0 saturated carbocycles. The lowest BCUT2D eigenvalue weighted by Gasteiger charge is -2.26. The summed E-state index contributed by atoms with van der Waals surface area (Å²) in [6.07, 6.45) is 2.11. The molecule has 0 N–H and O–H groups in total. The average Bonchev–Trinajstić information content (AvgIpc) is 3.19. The third kappa shape index (κ3) is 3.45. The maximum atomic E-state index is 12.8. The SMILES string of the molecule is C[C@@H](Sc1ccc(Cl)nn1)C(=O)N1CCC[C@H]1c1cccs1. The number of halogens is 1. The molecule has 3 rings (SSSR count). The predicted molar refractivity (Wildman–Crippen MR) is 90.4 cm³/mol. The van der Waals surface area contributed by atoms with Crippen molar-refractivity contribution in [2.24, 2.45) is 0 Å². The Kier molecular flexibility index (Phi) is 5.00. The van der Waals surface area contributed by atoms with Crippen LogP contribution >= 0.6 is 34.7 Å². The van der Waals surface area contributed by atoms with E-state index in [0.717, 1.165) is 24.4 Å². The molecule has 22 heavy (non-hydrogen) atoms. The van der Waals surface area contributed by atoms with E-state index in [4.69, 9.17) is 11.6 Å². The molecular weight excluding hydrogens is 338 g/mol. The summed E-state index contributed by atoms with van der Waals surface area (Å²) in [4.78, 5) is 16.0. The largest absolute Gasteiger partial charge is 0.334 e. The number of aromatic nitrogens is 2. The first-order valence-electron chi connectivity index (χ1n) is 7.15. The van der Waals surface area contributed by atoms with Gasteiger partial charge in [-0.25, -0.2) is 0 Å². The van der Waals surface area contributed by atoms with Gasteiger partial charge >= 0.3 is 0 Å². The molecule has 1 amide bonds. The van der Waals surface area contributed by atoms with Crippen LogP contribution in [-0.2, 0) is 4.79 Å². The van der Waals surface area contributed by atoms with Crippen molar-refractivity contribution in [2.45, 2.75) is 36.1 Å². The zero-order chi connectivity index (χ0) is 15.5. The van der Waals surface area contributed by atoms with Crippen LogP contribution in [0.2, 0.25) is 5.15 Å². The number of thiophene rings is 1. The van der Waals surface area contributed by atoms with E-state index in [-0.39, 0.29) is 17.2 Å². The van der Waals surface area contributed by atoms with E-state index in [1.807, 2.05) is 17.9 Å². The number of carbonyl (C=O) groups excluding carboxylic acids is 1. The topological polar surface area (TPSA) is 46.1 Å². The molecule has 2 aromatic heterocycles. The lowest BCUT2D eigenvalue weighted by atomic mass is 10.2. The first-order valence-corrected chi connectivity index (χ1v) is 9.28. The smallest absolute Gasteiger partial charge is 0.236 e. The molecule has 2 aromatic rings. The van der Waals surface area contributed by atoms with Crippen LogP contribution in [0.5, 0.6) is 0 Å². The normalized spacial score (nSPS) is 19.4. The van der Waals surface area contributed by atoms with Crippen LogP contribution < -0.4 is 0 Å². The zero-order valence-corrected chi connectivity index (χ0v) is 14.5. The van der Waals surface area contributed by atoms with Gasteiger partial charge in [-0.3, -0.25) is 4.79 Å². The molecule has 0 bridgehead atoms. The van der Waals surface area contributed by atoms with Crippen LogP contribution in [0, 0.1) is 0 Å². The summed E-state index contributed by atoms with van der Waals surface area (Å²) in [7, 11) is 0. The van der Waals surface area contributed by atoms with E-state index in [2.05, 4.69) is 21.6 Å². The molecule has 0 radical (unpaired) electrons. The molecule has 1 saturated heterocycles. The molecule has 0 spiro atoms. The van der Waals surface area contributed by atoms with Crippen molar-refractivity contribution in [1.82, 2.24) is 15.1 Å². The Morgan fingerprint density at radius 1 is 1.45 bits per heavy atom. The predicted octanol–water partition coefficient (Wildman–Crippen LogP) is 4.04. The van der Waals surface area contributed by atoms with Gasteiger partial charge in [0, 0.05) is 11.4 Å². The summed E-state index contributed by atoms with van der Waals surface area (Å²) in [6.45, 7) is 2.76. The second-order valence-electron chi connectivity index (χ2n) is 5.16. The van der Waals surface area contributed by atoms with Crippen molar-refractivity contribution < 1.29 is 4.79 Å². The molecule has 0 aliphatic carbocycles. The number of rotatable bonds is 4. The molecular formula is C15H16ClN3OS2. The minimum Gasteiger partial charge on any atom is -0.334 e. The van der Waals surface area contributed by atoms with Crippen molar-refractivity contribution in [3.8, 4) is 0 Å². The van der Waals surface area contributed by atoms with Crippen LogP contribution in [0.1, 0.15) is 30.7 Å². The second-order valence-corrected chi connectivity index (χ2v) is 7.89. The van der Waals surface area contributed by atoms with E-state index < -0.39 is 0 Å². The molecule has 0 unspecified atom stereocenters. The Morgan fingerprint density at radius 3 is 3.00 bits per heavy atom. The van der Waals surface area contributed by atoms with Crippen LogP contribution in [0.25, 0.3) is 0 Å². The van der Waals surface area contributed by atoms with E-state index >= 15 is 0 Å². The van der Waals surface area contributed by atoms with Gasteiger partial charge in [0.25, 0.3) is 0 Å². The fourth-order valence-electron chi connectivity index (χ4n) is 2.64. The summed E-state index contributed by atoms with van der Waals surface area (Å²) in [5.74, 6) is 0.164. The fourth-order valence-corrected chi connectivity index (χ4v) is 4.45. The van der Waals surface area contributed by atoms with Gasteiger partial charge in [-0.15, -0.1) is 21.5 Å². The van der Waals surface area contributed by atoms with Gasteiger partial charge in [-0.2, -0.15) is 0 Å². The maximum Gasteiger partial charge on any atom is 0.236 e. The van der Waals surface area contributed by atoms with Gasteiger partial charge in [0.2, 0.25) is 5.91 Å². The first kappa shape index (κ1) is 15.8. The number of likely N-dealkylation sites (tertiary alicyclic amines) is 1. The average molecular weight is 354 g/mol. The van der Waals surface area contributed by atoms with Crippen molar-refractivity contribution in [3.63, 3.8) is 0 Å². The van der Waals surface area contributed by atoms with E-state index in [9.17, 15) is 4.79 Å². The highest BCUT2D eigenvalue weighted by molar-refractivity contribution is 8.00. The summed E-state index contributed by atoms with van der Waals surface area (Å²) >= 11 is 8.88. The highest BCUT2D eigenvalue weighted by Gasteiger charge is 2.33. The highest BCUT2D eigenvalue weighted by atomic mass is 35.5. The van der Waals surface area contributed by atoms with Crippen molar-refractivity contribution >= 4 is 40.6 Å². The second kappa shape index (κ2) is 6.98. The molecule has 1 fully saturated rings. The van der Waals surface area contributed by atoms with Crippen molar-refractivity contribution in [2.75, 3.05) is 6.54 Å². The van der Waals surface area contributed by atoms with Gasteiger partial charge in [-0.1, -0.05) is 29.4 Å². The zero-order valence-electron chi connectivity index (χ0n) is 12.1. The van der Waals surface area contributed by atoms with Gasteiger partial charge in [0.1, 0.15) is 5.03 Å². The van der Waals surface area contributed by atoms with Crippen LogP contribution in [0.4, 0.5) is 0 Å². The van der Waals surface area contributed by atoms with E-state index in [1.165, 1.54) is 16.6 Å². The van der Waals surface area contributed by atoms with Gasteiger partial charge in [-0.05, 0) is 43.3 Å². The molecule has 0 aromatic carbocycles. The minimum absolute atomic E-state index is 0.164. The Balaban J connectivity index is 1.68. The summed E-state index contributed by atoms with van der Waals surface area (Å²) in [5, 5.41) is 10.8. The van der Waals surface area contributed by atoms with Crippen LogP contribution in [0.3, 0.4) is 0 Å². The molecule has 7 heteroatoms. The third-order valence-corrected chi connectivity index (χ3v) is 5.85. The molecule has 3 heterocycles. The van der Waals surface area contributed by atoms with Crippen LogP contribution in [0.15, 0.2) is 34.7 Å². The maximum absolute atomic E-state index is 12.8. The number of hydrogen-bond donors (Lipinski definition) is 0. The lowest BCUT2D eigenvalue weighted by Crippen LogP contribution is -2.35. The van der Waals surface area contributed by atoms with Gasteiger partial charge in [0.05, 0.1) is 11.3 Å². The number of nitrogens with zero attached hydrogens (tertiary/aromatic N) is 3. The summed E-state index contributed by atoms with van der Waals surface area (Å²) in [5.41, 5.74) is 0. The molecule has 4 nitrogen and oxygen atoms in total. The molecule has 1 aliphatic heterocycles. The Morgan fingerprint density at radius 2 is 2.32 bits per heavy atom. The van der Waals surface area contributed by atoms with E-state index in [1.54, 1.807) is 23.5 Å². The quantitative estimate of drug-likeness (QED) is 0.778. The standard InChI is InChI=1S/C15H16ClN3OS2/c1-10(22-14-7-6-13(16)17-18-14)15(20)19-8-2-4-11(19)12-5-3-9-21-12/h3,5-7,9-11H,2,4,8H2,1H3/t10-,11+/m1/s1. The van der Waals surface area contributed by atoms with Gasteiger partial charge < -0.3 is 4.90 Å². The number of carbonyl (C=O) groups is 1. The third-order valence-electron chi connectivity index (χ3n) is 3.66. The summed E-state index contributed by atoms with van der Waals surface area (Å²) < 4.78 is 0. The van der Waals surface area contributed by atoms with Crippen molar-refractivity contribution in [3.05, 3.63) is 39.7 Å². The fraction of sp³-hybridized carbons (Fsp3) is 0.400. The minimum atomic E-state index is -0.184. The first-order chi connectivity index (χ1) is 10.6. The Labute approximate surface area is 142 Å². The highest BCUT2D eigenvalue weighted by Crippen LogP contribution is 2.36. The monoisotopic (exact) mass is 353 g/mol. The molecule has 2 atom stereocenters. The summed E-state index contributed by atoms with van der Waals surface area (Å²) in [6, 6.07) is 7.88. The number of hydrogen-bond acceptors (Lipinski definition) is 5. The molecule has 1 aliphatic rings. The Hall–Kier alpha value is -1.11. The Bertz CT molecular complexity index is 633. The van der Waals surface area contributed by atoms with Gasteiger partial charge in [0.15, 0.2) is 5.15 Å². The number of thioether (sulfide) groups is 1. The lowest BCUT2D eigenvalue weighted by molar-refractivity contribution is -0.131.